The van der Waals surface area contributed by atoms with Gasteiger partial charge in [0.2, 0.25) is 0 Å². The highest BCUT2D eigenvalue weighted by Gasteiger charge is 2.90. The number of aryl methyl sites for hydroxylation is 1. The van der Waals surface area contributed by atoms with Gasteiger partial charge in [-0.25, -0.2) is 0 Å². The number of halogens is 13. The monoisotopic (exact) mass is 508 g/mol. The average molecular weight is 508 g/mol. The highest BCUT2D eigenvalue weighted by atomic mass is 19.4. The SMILES string of the molecule is CC=CCCc1ccc(OCCC(F)(F)C(F)(F)C(F)(F)C(F)(F)C(F)(F)C(F)(F)F)cc1. The molecular formula is C19H17F13O. The van der Waals surface area contributed by atoms with E-state index in [0.29, 0.717) is 12.8 Å². The molecule has 0 radical (unpaired) electrons. The van der Waals surface area contributed by atoms with Crippen LogP contribution in [-0.2, 0) is 6.42 Å². The minimum atomic E-state index is -7.89. The van der Waals surface area contributed by atoms with Gasteiger partial charge in [0.25, 0.3) is 0 Å². The van der Waals surface area contributed by atoms with Gasteiger partial charge in [-0.1, -0.05) is 24.3 Å². The average Bonchev–Trinajstić information content (AvgIpc) is 2.67. The number of ether oxygens (including phenoxy) is 1. The van der Waals surface area contributed by atoms with Crippen LogP contribution >= 0.6 is 0 Å². The highest BCUT2D eigenvalue weighted by Crippen LogP contribution is 2.60. The van der Waals surface area contributed by atoms with Crippen molar-refractivity contribution in [3.63, 3.8) is 0 Å². The van der Waals surface area contributed by atoms with Crippen molar-refractivity contribution in [1.29, 1.82) is 0 Å². The lowest BCUT2D eigenvalue weighted by Gasteiger charge is -2.39. The molecule has 1 nitrogen and oxygen atoms in total. The highest BCUT2D eigenvalue weighted by molar-refractivity contribution is 5.27. The zero-order valence-corrected chi connectivity index (χ0v) is 16.6. The second-order valence-corrected chi connectivity index (χ2v) is 6.85. The first-order valence-electron chi connectivity index (χ1n) is 9.05. The molecule has 0 aromatic heterocycles. The summed E-state index contributed by atoms with van der Waals surface area (Å²) in [6, 6.07) is 5.32. The third kappa shape index (κ3) is 5.51. The number of allylic oxidation sites excluding steroid dienone is 2. The summed E-state index contributed by atoms with van der Waals surface area (Å²) in [5.41, 5.74) is 0.754. The molecule has 0 fully saturated rings. The molecule has 0 saturated carbocycles. The lowest BCUT2D eigenvalue weighted by molar-refractivity contribution is -0.440. The molecule has 0 unspecified atom stereocenters. The summed E-state index contributed by atoms with van der Waals surface area (Å²) in [4.78, 5) is 0. The Bertz CT molecular complexity index is 795. The predicted octanol–water partition coefficient (Wildman–Crippen LogP) is 7.70. The number of alkyl halides is 13. The third-order valence-corrected chi connectivity index (χ3v) is 4.44. The fraction of sp³-hybridized carbons (Fsp3) is 0.579. The first-order chi connectivity index (χ1) is 14.8. The van der Waals surface area contributed by atoms with E-state index in [4.69, 9.17) is 0 Å². The zero-order valence-electron chi connectivity index (χ0n) is 16.6. The maximum absolute atomic E-state index is 13.7. The van der Waals surface area contributed by atoms with E-state index in [1.54, 1.807) is 13.0 Å². The molecule has 190 valence electrons. The van der Waals surface area contributed by atoms with Crippen LogP contribution in [0.1, 0.15) is 25.3 Å². The van der Waals surface area contributed by atoms with Gasteiger partial charge < -0.3 is 4.74 Å². The maximum atomic E-state index is 13.7. The van der Waals surface area contributed by atoms with E-state index < -0.39 is 48.8 Å². The molecule has 0 aliphatic heterocycles. The standard InChI is InChI=1S/C19H17F13O/c1-2-3-4-5-12-6-8-13(9-7-12)33-11-10-14(20,21)15(22,23)16(24,25)17(26,27)18(28,29)19(30,31)32/h2-3,6-9H,4-5,10-11H2,1H3. The van der Waals surface area contributed by atoms with E-state index in [9.17, 15) is 57.1 Å². The Morgan fingerprint density at radius 2 is 1.18 bits per heavy atom. The van der Waals surface area contributed by atoms with Crippen LogP contribution in [0, 0.1) is 0 Å². The Morgan fingerprint density at radius 1 is 0.697 bits per heavy atom. The van der Waals surface area contributed by atoms with E-state index >= 15 is 0 Å². The summed E-state index contributed by atoms with van der Waals surface area (Å²) < 4.78 is 174. The molecule has 0 heterocycles. The summed E-state index contributed by atoms with van der Waals surface area (Å²) in [5, 5.41) is 0. The molecule has 0 amide bonds. The first kappa shape index (κ1) is 28.9. The van der Waals surface area contributed by atoms with Gasteiger partial charge in [-0.2, -0.15) is 57.1 Å². The fourth-order valence-corrected chi connectivity index (χ4v) is 2.43. The van der Waals surface area contributed by atoms with Gasteiger partial charge in [0.05, 0.1) is 13.0 Å². The third-order valence-electron chi connectivity index (χ3n) is 4.44. The Morgan fingerprint density at radius 3 is 1.64 bits per heavy atom. The van der Waals surface area contributed by atoms with E-state index in [2.05, 4.69) is 4.74 Å². The molecule has 0 bridgehead atoms. The van der Waals surface area contributed by atoms with Gasteiger partial charge in [-0.3, -0.25) is 0 Å². The van der Waals surface area contributed by atoms with Gasteiger partial charge in [0, 0.05) is 0 Å². The molecule has 0 saturated heterocycles. The van der Waals surface area contributed by atoms with Crippen LogP contribution < -0.4 is 4.74 Å². The van der Waals surface area contributed by atoms with Gasteiger partial charge >= 0.3 is 35.8 Å². The van der Waals surface area contributed by atoms with Gasteiger partial charge in [0.15, 0.2) is 0 Å². The maximum Gasteiger partial charge on any atom is 0.460 e. The van der Waals surface area contributed by atoms with Crippen LogP contribution in [-0.4, -0.2) is 42.4 Å². The number of benzene rings is 1. The second kappa shape index (κ2) is 9.61. The molecule has 1 aromatic carbocycles. The lowest BCUT2D eigenvalue weighted by atomic mass is 9.93. The largest absolute Gasteiger partial charge is 0.493 e. The van der Waals surface area contributed by atoms with Gasteiger partial charge in [-0.05, 0) is 37.5 Å². The molecule has 0 aliphatic carbocycles. The summed E-state index contributed by atoms with van der Waals surface area (Å²) in [6.45, 7) is 0.312. The van der Waals surface area contributed by atoms with Crippen molar-refractivity contribution in [2.45, 2.75) is 62.0 Å². The molecule has 0 aliphatic rings. The molecule has 33 heavy (non-hydrogen) atoms. The van der Waals surface area contributed by atoms with Crippen LogP contribution in [0.25, 0.3) is 0 Å². The topological polar surface area (TPSA) is 9.23 Å². The molecule has 14 heteroatoms. The zero-order chi connectivity index (χ0) is 25.9. The minimum absolute atomic E-state index is 0.204. The molecule has 1 aromatic rings. The molecule has 0 atom stereocenters. The second-order valence-electron chi connectivity index (χ2n) is 6.85. The molecular weight excluding hydrogens is 491 g/mol. The van der Waals surface area contributed by atoms with Crippen molar-refractivity contribution < 1.29 is 61.8 Å². The van der Waals surface area contributed by atoms with Crippen molar-refractivity contribution in [2.24, 2.45) is 0 Å². The predicted molar refractivity (Wildman–Crippen MR) is 90.5 cm³/mol. The van der Waals surface area contributed by atoms with Crippen LogP contribution in [0.2, 0.25) is 0 Å². The molecule has 0 spiro atoms. The summed E-state index contributed by atoms with van der Waals surface area (Å²) in [6.07, 6.45) is -4.96. The Labute approximate surface area is 179 Å². The van der Waals surface area contributed by atoms with E-state index in [-0.39, 0.29) is 5.75 Å². The Kier molecular flexibility index (Phi) is 8.41. The van der Waals surface area contributed by atoms with Crippen molar-refractivity contribution in [2.75, 3.05) is 6.61 Å². The van der Waals surface area contributed by atoms with Crippen LogP contribution in [0.5, 0.6) is 5.75 Å². The van der Waals surface area contributed by atoms with Crippen molar-refractivity contribution >= 4 is 0 Å². The van der Waals surface area contributed by atoms with E-state index in [1.165, 1.54) is 24.3 Å². The van der Waals surface area contributed by atoms with E-state index in [0.717, 1.165) is 5.56 Å². The quantitative estimate of drug-likeness (QED) is 0.220. The normalized spacial score (nSPS) is 14.7. The smallest absolute Gasteiger partial charge is 0.460 e. The summed E-state index contributed by atoms with van der Waals surface area (Å²) in [5.74, 6) is -37.0. The molecule has 1 rings (SSSR count). The van der Waals surface area contributed by atoms with Crippen LogP contribution in [0.15, 0.2) is 36.4 Å². The molecule has 0 N–H and O–H groups in total. The Balaban J connectivity index is 2.95. The fourth-order valence-electron chi connectivity index (χ4n) is 2.43. The number of hydrogen-bond donors (Lipinski definition) is 0. The van der Waals surface area contributed by atoms with Crippen molar-refractivity contribution in [1.82, 2.24) is 0 Å². The first-order valence-corrected chi connectivity index (χ1v) is 9.05. The van der Waals surface area contributed by atoms with Crippen LogP contribution in [0.3, 0.4) is 0 Å². The van der Waals surface area contributed by atoms with Crippen LogP contribution in [0.4, 0.5) is 57.1 Å². The van der Waals surface area contributed by atoms with Gasteiger partial charge in [0.1, 0.15) is 5.75 Å². The number of hydrogen-bond acceptors (Lipinski definition) is 1. The summed E-state index contributed by atoms with van der Waals surface area (Å²) in [7, 11) is 0. The van der Waals surface area contributed by atoms with Crippen molar-refractivity contribution in [3.05, 3.63) is 42.0 Å². The lowest BCUT2D eigenvalue weighted by Crippen LogP contribution is -2.70. The Hall–Kier alpha value is -2.15. The van der Waals surface area contributed by atoms with E-state index in [1.807, 2.05) is 6.08 Å². The number of rotatable bonds is 11. The minimum Gasteiger partial charge on any atom is -0.493 e. The van der Waals surface area contributed by atoms with Gasteiger partial charge in [-0.15, -0.1) is 0 Å². The van der Waals surface area contributed by atoms with Crippen molar-refractivity contribution in [3.8, 4) is 5.75 Å². The summed E-state index contributed by atoms with van der Waals surface area (Å²) >= 11 is 0.